The van der Waals surface area contributed by atoms with E-state index in [1.54, 1.807) is 0 Å². The van der Waals surface area contributed by atoms with Crippen molar-refractivity contribution in [2.24, 2.45) is 28.6 Å². The van der Waals surface area contributed by atoms with Crippen LogP contribution in [0.15, 0.2) is 11.1 Å². The number of hydrogen-bond acceptors (Lipinski definition) is 6. The van der Waals surface area contributed by atoms with Gasteiger partial charge in [0.25, 0.3) is 0 Å². The first-order chi connectivity index (χ1) is 14.3. The minimum absolute atomic E-state index is 0.00558. The largest absolute Gasteiger partial charge is 0.458 e. The van der Waals surface area contributed by atoms with E-state index in [4.69, 9.17) is 18.9 Å². The second kappa shape index (κ2) is 5.18. The van der Waals surface area contributed by atoms with E-state index in [0.717, 1.165) is 31.3 Å². The molecule has 3 saturated carbocycles. The SMILES string of the molecule is CC(C)[C@]12O[C@H]1[C@@H]1C[C@]13[C@]1(O[C@H]1C[C@H]1C4=C(CC[C@@]13C)C(=O)OC4)[C@@H]2OC(=O)CBr. The van der Waals surface area contributed by atoms with Crippen LogP contribution in [-0.4, -0.2) is 53.4 Å². The molecule has 6 nitrogen and oxygen atoms in total. The predicted molar refractivity (Wildman–Crippen MR) is 108 cm³/mol. The van der Waals surface area contributed by atoms with E-state index < -0.39 is 11.2 Å². The first-order valence-electron chi connectivity index (χ1n) is 11.3. The number of cyclic esters (lactones) is 1. The van der Waals surface area contributed by atoms with Crippen molar-refractivity contribution in [1.29, 1.82) is 0 Å². The van der Waals surface area contributed by atoms with Crippen LogP contribution >= 0.6 is 15.9 Å². The number of carbonyl (C=O) groups is 2. The van der Waals surface area contributed by atoms with Gasteiger partial charge < -0.3 is 18.9 Å². The highest BCUT2D eigenvalue weighted by Crippen LogP contribution is 2.90. The Labute approximate surface area is 184 Å². The van der Waals surface area contributed by atoms with Crippen LogP contribution in [0.4, 0.5) is 0 Å². The van der Waals surface area contributed by atoms with Gasteiger partial charge in [-0.05, 0) is 54.4 Å². The summed E-state index contributed by atoms with van der Waals surface area (Å²) in [6.45, 7) is 7.18. The molecule has 7 rings (SSSR count). The lowest BCUT2D eigenvalue weighted by atomic mass is 9.45. The van der Waals surface area contributed by atoms with Crippen LogP contribution < -0.4 is 0 Å². The zero-order valence-electron chi connectivity index (χ0n) is 17.5. The van der Waals surface area contributed by atoms with Gasteiger partial charge in [-0.2, -0.15) is 0 Å². The summed E-state index contributed by atoms with van der Waals surface area (Å²) in [7, 11) is 0. The zero-order valence-corrected chi connectivity index (χ0v) is 19.1. The number of carbonyl (C=O) groups excluding carboxylic acids is 2. The number of alkyl halides is 1. The fraction of sp³-hybridized carbons (Fsp3) is 0.826. The molecule has 4 aliphatic carbocycles. The van der Waals surface area contributed by atoms with Crippen molar-refractivity contribution in [3.8, 4) is 0 Å². The van der Waals surface area contributed by atoms with Gasteiger partial charge in [0, 0.05) is 11.0 Å². The number of hydrogen-bond donors (Lipinski definition) is 0. The Morgan fingerprint density at radius 3 is 2.87 bits per heavy atom. The molecule has 7 aliphatic rings. The third-order valence-corrected chi connectivity index (χ3v) is 10.6. The van der Waals surface area contributed by atoms with Crippen LogP contribution in [0.3, 0.4) is 0 Å². The van der Waals surface area contributed by atoms with Crippen molar-refractivity contribution in [2.75, 3.05) is 11.9 Å². The summed E-state index contributed by atoms with van der Waals surface area (Å²) >= 11 is 3.27. The molecule has 0 aromatic heterocycles. The lowest BCUT2D eigenvalue weighted by Gasteiger charge is -2.56. The van der Waals surface area contributed by atoms with Crippen LogP contribution in [-0.2, 0) is 28.5 Å². The van der Waals surface area contributed by atoms with Crippen LogP contribution in [0.25, 0.3) is 0 Å². The average Bonchev–Trinajstić information content (AvgIpc) is 3.61. The first-order valence-corrected chi connectivity index (χ1v) is 12.4. The van der Waals surface area contributed by atoms with Crippen LogP contribution in [0, 0.1) is 28.6 Å². The lowest BCUT2D eigenvalue weighted by Crippen LogP contribution is -2.65. The van der Waals surface area contributed by atoms with Crippen molar-refractivity contribution in [2.45, 2.75) is 76.0 Å². The van der Waals surface area contributed by atoms with E-state index in [2.05, 4.69) is 36.7 Å². The number of ether oxygens (including phenoxy) is 4. The Bertz CT molecular complexity index is 944. The Balaban J connectivity index is 1.37. The van der Waals surface area contributed by atoms with Gasteiger partial charge >= 0.3 is 11.9 Å². The molecule has 2 spiro atoms. The minimum atomic E-state index is -0.445. The third kappa shape index (κ3) is 1.67. The molecular weight excluding hydrogens is 452 g/mol. The van der Waals surface area contributed by atoms with E-state index in [0.29, 0.717) is 18.4 Å². The Morgan fingerprint density at radius 1 is 1.33 bits per heavy atom. The van der Waals surface area contributed by atoms with Crippen LogP contribution in [0.2, 0.25) is 0 Å². The van der Waals surface area contributed by atoms with Crippen molar-refractivity contribution in [3.63, 3.8) is 0 Å². The number of rotatable bonds is 3. The molecule has 162 valence electrons. The highest BCUT2D eigenvalue weighted by molar-refractivity contribution is 9.09. The van der Waals surface area contributed by atoms with Gasteiger partial charge in [0.2, 0.25) is 0 Å². The van der Waals surface area contributed by atoms with Gasteiger partial charge in [-0.1, -0.05) is 36.7 Å². The first kappa shape index (κ1) is 18.6. The third-order valence-electron chi connectivity index (χ3n) is 10.2. The maximum atomic E-state index is 12.5. The molecule has 7 heteroatoms. The number of epoxide rings is 2. The normalized spacial score (nSPS) is 56.0. The fourth-order valence-electron chi connectivity index (χ4n) is 8.84. The van der Waals surface area contributed by atoms with Crippen molar-refractivity contribution in [3.05, 3.63) is 11.1 Å². The Kier molecular flexibility index (Phi) is 3.21. The summed E-state index contributed by atoms with van der Waals surface area (Å²) < 4.78 is 24.7. The molecular formula is C23H27BrO6. The van der Waals surface area contributed by atoms with Gasteiger partial charge in [0.15, 0.2) is 6.10 Å². The fourth-order valence-corrected chi connectivity index (χ4v) is 8.97. The second-order valence-electron chi connectivity index (χ2n) is 11.0. The molecule has 3 aliphatic heterocycles. The molecule has 3 heterocycles. The van der Waals surface area contributed by atoms with Gasteiger partial charge in [-0.15, -0.1) is 0 Å². The zero-order chi connectivity index (χ0) is 20.8. The summed E-state index contributed by atoms with van der Waals surface area (Å²) in [5, 5.41) is 0.176. The summed E-state index contributed by atoms with van der Waals surface area (Å²) in [5.74, 6) is 0.624. The highest BCUT2D eigenvalue weighted by atomic mass is 79.9. The number of halogens is 1. The molecule has 0 aromatic carbocycles. The monoisotopic (exact) mass is 478 g/mol. The smallest absolute Gasteiger partial charge is 0.334 e. The van der Waals surface area contributed by atoms with Gasteiger partial charge in [-0.3, -0.25) is 4.79 Å². The molecule has 0 unspecified atom stereocenters. The van der Waals surface area contributed by atoms with E-state index in [1.807, 2.05) is 0 Å². The highest BCUT2D eigenvalue weighted by Gasteiger charge is 2.99. The van der Waals surface area contributed by atoms with Crippen molar-refractivity contribution in [1.82, 2.24) is 0 Å². The van der Waals surface area contributed by atoms with E-state index in [-0.39, 0.29) is 52.3 Å². The summed E-state index contributed by atoms with van der Waals surface area (Å²) in [5.41, 5.74) is 1.21. The van der Waals surface area contributed by atoms with Gasteiger partial charge in [0.05, 0.1) is 12.2 Å². The summed E-state index contributed by atoms with van der Waals surface area (Å²) in [6.07, 6.45) is 3.50. The van der Waals surface area contributed by atoms with Crippen LogP contribution in [0.1, 0.15) is 46.5 Å². The predicted octanol–water partition coefficient (Wildman–Crippen LogP) is 2.92. The Hall–Kier alpha value is -0.920. The molecule has 0 aromatic rings. The van der Waals surface area contributed by atoms with Gasteiger partial charge in [-0.25, -0.2) is 4.79 Å². The van der Waals surface area contributed by atoms with E-state index in [9.17, 15) is 9.59 Å². The molecule has 5 fully saturated rings. The molecule has 0 amide bonds. The molecule has 0 bridgehead atoms. The standard InChI is InChI=1S/C23H27BrO6/c1-10(2)22-17(30-22)14-7-21(14)20(3)5-4-11-12(9-27-18(11)26)13(20)6-15-23(21,29-15)19(22)28-16(25)8-24/h10,13-15,17,19H,4-9H2,1-3H3/t13-,14-,15-,17-,19+,20-,21-,22-,23+/m0/s1. The molecule has 0 N–H and O–H groups in total. The minimum Gasteiger partial charge on any atom is -0.458 e. The topological polar surface area (TPSA) is 77.7 Å². The summed E-state index contributed by atoms with van der Waals surface area (Å²) in [6, 6.07) is 0. The molecule has 0 radical (unpaired) electrons. The maximum Gasteiger partial charge on any atom is 0.334 e. The summed E-state index contributed by atoms with van der Waals surface area (Å²) in [4.78, 5) is 24.7. The van der Waals surface area contributed by atoms with Gasteiger partial charge in [0.1, 0.15) is 23.1 Å². The quantitative estimate of drug-likeness (QED) is 0.352. The van der Waals surface area contributed by atoms with E-state index >= 15 is 0 Å². The van der Waals surface area contributed by atoms with Crippen molar-refractivity contribution >= 4 is 27.9 Å². The second-order valence-corrected chi connectivity index (χ2v) is 11.6. The average molecular weight is 479 g/mol. The molecule has 9 atom stereocenters. The van der Waals surface area contributed by atoms with Crippen molar-refractivity contribution < 1.29 is 28.5 Å². The van der Waals surface area contributed by atoms with Crippen LogP contribution in [0.5, 0.6) is 0 Å². The maximum absolute atomic E-state index is 12.5. The molecule has 2 saturated heterocycles. The van der Waals surface area contributed by atoms with E-state index in [1.165, 1.54) is 5.57 Å². The molecule has 30 heavy (non-hydrogen) atoms. The number of esters is 2. The number of fused-ring (bicyclic) bond motifs is 4. The Morgan fingerprint density at radius 2 is 2.13 bits per heavy atom. The lowest BCUT2D eigenvalue weighted by molar-refractivity contribution is -0.169.